The van der Waals surface area contributed by atoms with Crippen LogP contribution in [0.3, 0.4) is 0 Å². The molecule has 0 fully saturated rings. The summed E-state index contributed by atoms with van der Waals surface area (Å²) in [5.41, 5.74) is 3.04. The van der Waals surface area contributed by atoms with Crippen molar-refractivity contribution >= 4 is 15.9 Å². The van der Waals surface area contributed by atoms with Crippen LogP contribution in [0.15, 0.2) is 0 Å². The Hall–Kier alpha value is 0.400. The summed E-state index contributed by atoms with van der Waals surface area (Å²) < 4.78 is 0.0851. The first-order chi connectivity index (χ1) is 4.04. The molecule has 0 heterocycles. The molecule has 1 N–H and O–H groups in total. The summed E-state index contributed by atoms with van der Waals surface area (Å²) in [6.45, 7) is 4.27. The molecule has 0 aromatic rings. The van der Waals surface area contributed by atoms with Crippen LogP contribution in [-0.4, -0.2) is 23.6 Å². The molecule has 1 atom stereocenters. The Bertz CT molecular complexity index is 83.1. The van der Waals surface area contributed by atoms with Gasteiger partial charge in [-0.25, -0.2) is 5.01 Å². The van der Waals surface area contributed by atoms with Gasteiger partial charge in [-0.3, -0.25) is 5.43 Å². The SMILES string of the molecule is CCC(C)(Br)N(C)NC. The van der Waals surface area contributed by atoms with Crippen molar-refractivity contribution in [2.24, 2.45) is 0 Å². The molecule has 0 spiro atoms. The van der Waals surface area contributed by atoms with Crippen LogP contribution < -0.4 is 5.43 Å². The number of hydrogen-bond donors (Lipinski definition) is 1. The van der Waals surface area contributed by atoms with E-state index in [0.29, 0.717) is 0 Å². The van der Waals surface area contributed by atoms with Crippen LogP contribution in [0.25, 0.3) is 0 Å². The fraction of sp³-hybridized carbons (Fsp3) is 1.00. The van der Waals surface area contributed by atoms with E-state index in [-0.39, 0.29) is 4.45 Å². The Morgan fingerprint density at radius 3 is 2.22 bits per heavy atom. The summed E-state index contributed by atoms with van der Waals surface area (Å²) in [5, 5.41) is 2.03. The van der Waals surface area contributed by atoms with Crippen LogP contribution in [0, 0.1) is 0 Å². The summed E-state index contributed by atoms with van der Waals surface area (Å²) in [6, 6.07) is 0. The van der Waals surface area contributed by atoms with Crippen molar-refractivity contribution in [1.29, 1.82) is 0 Å². The first-order valence-electron chi connectivity index (χ1n) is 3.14. The molecule has 0 amide bonds. The minimum atomic E-state index is 0.0851. The Balaban J connectivity index is 3.80. The van der Waals surface area contributed by atoms with Crippen LogP contribution in [0.2, 0.25) is 0 Å². The second-order valence-corrected chi connectivity index (χ2v) is 3.99. The van der Waals surface area contributed by atoms with Gasteiger partial charge < -0.3 is 0 Å². The molecule has 0 aliphatic heterocycles. The van der Waals surface area contributed by atoms with E-state index in [1.807, 2.05) is 19.1 Å². The van der Waals surface area contributed by atoms with Crippen LogP contribution in [0.5, 0.6) is 0 Å². The Kier molecular flexibility index (Phi) is 3.70. The van der Waals surface area contributed by atoms with Crippen molar-refractivity contribution in [2.45, 2.75) is 24.7 Å². The van der Waals surface area contributed by atoms with Gasteiger partial charge in [-0.15, -0.1) is 0 Å². The normalized spacial score (nSPS) is 18.0. The lowest BCUT2D eigenvalue weighted by atomic mass is 10.2. The number of alkyl halides is 1. The number of halogens is 1. The predicted molar refractivity (Wildman–Crippen MR) is 44.4 cm³/mol. The largest absolute Gasteiger partial charge is 0.257 e. The van der Waals surface area contributed by atoms with E-state index in [1.54, 1.807) is 0 Å². The number of hydrazine groups is 1. The highest BCUT2D eigenvalue weighted by Gasteiger charge is 2.21. The number of hydrogen-bond acceptors (Lipinski definition) is 2. The highest BCUT2D eigenvalue weighted by molar-refractivity contribution is 9.10. The van der Waals surface area contributed by atoms with E-state index in [9.17, 15) is 0 Å². The lowest BCUT2D eigenvalue weighted by Crippen LogP contribution is -2.45. The monoisotopic (exact) mass is 194 g/mol. The molecular formula is C6H15BrN2. The van der Waals surface area contributed by atoms with Crippen molar-refractivity contribution in [1.82, 2.24) is 10.4 Å². The van der Waals surface area contributed by atoms with Gasteiger partial charge in [0.15, 0.2) is 0 Å². The third kappa shape index (κ3) is 2.65. The van der Waals surface area contributed by atoms with E-state index in [1.165, 1.54) is 0 Å². The zero-order valence-corrected chi connectivity index (χ0v) is 8.12. The molecule has 2 nitrogen and oxygen atoms in total. The average molecular weight is 195 g/mol. The summed E-state index contributed by atoms with van der Waals surface area (Å²) in [4.78, 5) is 0. The topological polar surface area (TPSA) is 15.3 Å². The Morgan fingerprint density at radius 1 is 1.67 bits per heavy atom. The third-order valence-corrected chi connectivity index (χ3v) is 2.77. The van der Waals surface area contributed by atoms with Gasteiger partial charge in [0, 0.05) is 7.05 Å². The van der Waals surface area contributed by atoms with Gasteiger partial charge >= 0.3 is 0 Å². The molecule has 9 heavy (non-hydrogen) atoms. The molecule has 56 valence electrons. The molecule has 0 radical (unpaired) electrons. The second kappa shape index (κ2) is 3.54. The quantitative estimate of drug-likeness (QED) is 0.417. The minimum absolute atomic E-state index is 0.0851. The fourth-order valence-electron chi connectivity index (χ4n) is 0.470. The van der Waals surface area contributed by atoms with Gasteiger partial charge in [-0.05, 0) is 20.4 Å². The maximum absolute atomic E-state index is 3.57. The highest BCUT2D eigenvalue weighted by Crippen LogP contribution is 2.22. The molecule has 0 aliphatic carbocycles. The van der Waals surface area contributed by atoms with Gasteiger partial charge in [-0.2, -0.15) is 0 Å². The minimum Gasteiger partial charge on any atom is -0.257 e. The molecule has 0 aromatic carbocycles. The van der Waals surface area contributed by atoms with Crippen LogP contribution in [0.1, 0.15) is 20.3 Å². The van der Waals surface area contributed by atoms with E-state index in [2.05, 4.69) is 35.2 Å². The summed E-state index contributed by atoms with van der Waals surface area (Å²) in [6.07, 6.45) is 1.07. The molecular weight excluding hydrogens is 180 g/mol. The van der Waals surface area contributed by atoms with Gasteiger partial charge in [0.2, 0.25) is 0 Å². The second-order valence-electron chi connectivity index (χ2n) is 2.28. The summed E-state index contributed by atoms with van der Waals surface area (Å²) in [7, 11) is 3.92. The van der Waals surface area contributed by atoms with E-state index < -0.39 is 0 Å². The lowest BCUT2D eigenvalue weighted by Gasteiger charge is -2.31. The number of nitrogens with one attached hydrogen (secondary N) is 1. The van der Waals surface area contributed by atoms with E-state index in [4.69, 9.17) is 0 Å². The molecule has 0 bridgehead atoms. The molecule has 0 rings (SSSR count). The Labute approximate surface area is 65.7 Å². The van der Waals surface area contributed by atoms with Crippen LogP contribution in [-0.2, 0) is 0 Å². The maximum atomic E-state index is 3.57. The van der Waals surface area contributed by atoms with Gasteiger partial charge in [0.05, 0.1) is 4.45 Å². The fourth-order valence-corrected chi connectivity index (χ4v) is 0.648. The van der Waals surface area contributed by atoms with Crippen molar-refractivity contribution in [3.05, 3.63) is 0 Å². The molecule has 0 aliphatic rings. The maximum Gasteiger partial charge on any atom is 0.0866 e. The average Bonchev–Trinajstić information content (AvgIpc) is 1.86. The van der Waals surface area contributed by atoms with E-state index in [0.717, 1.165) is 6.42 Å². The lowest BCUT2D eigenvalue weighted by molar-refractivity contribution is 0.168. The van der Waals surface area contributed by atoms with Gasteiger partial charge in [-0.1, -0.05) is 22.9 Å². The van der Waals surface area contributed by atoms with E-state index >= 15 is 0 Å². The van der Waals surface area contributed by atoms with Crippen LogP contribution in [0.4, 0.5) is 0 Å². The zero-order valence-electron chi connectivity index (χ0n) is 6.53. The number of rotatable bonds is 3. The molecule has 3 heteroatoms. The summed E-state index contributed by atoms with van der Waals surface area (Å²) in [5.74, 6) is 0. The molecule has 1 unspecified atom stereocenters. The van der Waals surface area contributed by atoms with Gasteiger partial charge in [0.1, 0.15) is 0 Å². The van der Waals surface area contributed by atoms with Crippen molar-refractivity contribution in [2.75, 3.05) is 14.1 Å². The van der Waals surface area contributed by atoms with Gasteiger partial charge in [0.25, 0.3) is 0 Å². The highest BCUT2D eigenvalue weighted by atomic mass is 79.9. The smallest absolute Gasteiger partial charge is 0.0866 e. The predicted octanol–water partition coefficient (Wildman–Crippen LogP) is 1.57. The van der Waals surface area contributed by atoms with Crippen molar-refractivity contribution in [3.63, 3.8) is 0 Å². The third-order valence-electron chi connectivity index (χ3n) is 1.68. The zero-order chi connectivity index (χ0) is 7.49. The Morgan fingerprint density at radius 2 is 2.11 bits per heavy atom. The number of nitrogens with zero attached hydrogens (tertiary/aromatic N) is 1. The first-order valence-corrected chi connectivity index (χ1v) is 3.94. The molecule has 0 saturated heterocycles. The first kappa shape index (κ1) is 9.40. The van der Waals surface area contributed by atoms with Crippen LogP contribution >= 0.6 is 15.9 Å². The standard InChI is InChI=1S/C6H15BrN2/c1-5-6(2,7)9(4)8-3/h8H,5H2,1-4H3. The summed E-state index contributed by atoms with van der Waals surface area (Å²) >= 11 is 3.57. The molecule has 0 aromatic heterocycles. The van der Waals surface area contributed by atoms with Crippen molar-refractivity contribution < 1.29 is 0 Å². The molecule has 0 saturated carbocycles. The van der Waals surface area contributed by atoms with Crippen molar-refractivity contribution in [3.8, 4) is 0 Å².